The lowest BCUT2D eigenvalue weighted by molar-refractivity contribution is -0.166. The minimum absolute atomic E-state index is 0.113. The molecule has 0 amide bonds. The molecule has 0 rings (SSSR count). The highest BCUT2D eigenvalue weighted by atomic mass is 16.6. The highest BCUT2D eigenvalue weighted by Crippen LogP contribution is 2.14. The fraction of sp³-hybridized carbons (Fsp3) is 0.597. The molecule has 1 unspecified atom stereocenters. The number of esters is 3. The van der Waals surface area contributed by atoms with E-state index >= 15 is 0 Å². The van der Waals surface area contributed by atoms with E-state index in [0.29, 0.717) is 19.3 Å². The van der Waals surface area contributed by atoms with Crippen molar-refractivity contribution >= 4 is 17.9 Å². The Morgan fingerprint density at radius 1 is 0.269 bits per heavy atom. The van der Waals surface area contributed by atoms with Gasteiger partial charge in [0.2, 0.25) is 0 Å². The Hall–Kier alpha value is -4.97. The van der Waals surface area contributed by atoms with Crippen LogP contribution in [-0.4, -0.2) is 37.2 Å². The lowest BCUT2D eigenvalue weighted by Gasteiger charge is -2.18. The van der Waals surface area contributed by atoms with Crippen LogP contribution in [-0.2, 0) is 28.6 Å². The fourth-order valence-electron chi connectivity index (χ4n) is 8.15. The highest BCUT2D eigenvalue weighted by molar-refractivity contribution is 5.71. The van der Waals surface area contributed by atoms with Gasteiger partial charge in [0.1, 0.15) is 13.2 Å². The van der Waals surface area contributed by atoms with Crippen LogP contribution < -0.4 is 0 Å². The van der Waals surface area contributed by atoms with Gasteiger partial charge < -0.3 is 14.2 Å². The smallest absolute Gasteiger partial charge is 0.306 e. The van der Waals surface area contributed by atoms with E-state index in [2.05, 4.69) is 167 Å². The van der Waals surface area contributed by atoms with E-state index in [1.165, 1.54) is 83.5 Å². The molecule has 1 atom stereocenters. The summed E-state index contributed by atoms with van der Waals surface area (Å²) in [6.07, 6.45) is 94.1. The number of hydrogen-bond donors (Lipinski definition) is 0. The maximum absolute atomic E-state index is 12.8. The van der Waals surface area contributed by atoms with E-state index in [0.717, 1.165) is 128 Å². The molecule has 0 bridgehead atoms. The van der Waals surface area contributed by atoms with Gasteiger partial charge >= 0.3 is 17.9 Å². The van der Waals surface area contributed by atoms with E-state index in [1.807, 2.05) is 12.2 Å². The highest BCUT2D eigenvalue weighted by Gasteiger charge is 2.19. The van der Waals surface area contributed by atoms with Crippen LogP contribution in [0.2, 0.25) is 0 Å². The lowest BCUT2D eigenvalue weighted by atomic mass is 10.0. The summed E-state index contributed by atoms with van der Waals surface area (Å²) in [6, 6.07) is 0. The third-order valence-corrected chi connectivity index (χ3v) is 12.8. The van der Waals surface area contributed by atoms with Crippen LogP contribution >= 0.6 is 0 Å². The summed E-state index contributed by atoms with van der Waals surface area (Å²) in [7, 11) is 0. The molecule has 0 aromatic heterocycles. The summed E-state index contributed by atoms with van der Waals surface area (Å²) >= 11 is 0. The molecule has 0 aromatic rings. The number of carbonyl (C=O) groups excluding carboxylic acids is 3. The first-order valence-corrected chi connectivity index (χ1v) is 31.5. The molecule has 0 aliphatic heterocycles. The molecule has 0 heterocycles. The minimum atomic E-state index is -0.825. The normalized spacial score (nSPS) is 13.2. The Bertz CT molecular complexity index is 1760. The summed E-state index contributed by atoms with van der Waals surface area (Å²) in [5.41, 5.74) is 0. The van der Waals surface area contributed by atoms with Crippen LogP contribution in [0.4, 0.5) is 0 Å². The number of rotatable bonds is 55. The monoisotopic (exact) mass is 1070 g/mol. The van der Waals surface area contributed by atoms with Crippen molar-refractivity contribution in [1.29, 1.82) is 0 Å². The predicted octanol–water partition coefficient (Wildman–Crippen LogP) is 21.7. The third kappa shape index (κ3) is 61.9. The third-order valence-electron chi connectivity index (χ3n) is 12.8. The van der Waals surface area contributed by atoms with Gasteiger partial charge in [0.05, 0.1) is 0 Å². The molecule has 0 aliphatic carbocycles. The molecule has 6 heteroatoms. The molecule has 0 saturated heterocycles. The standard InChI is InChI=1S/C72H114O6/c1-4-7-10-13-16-19-22-25-26-27-28-29-30-31-32-33-34-35-36-37-38-39-40-41-42-43-44-45-46-48-50-53-56-59-62-65-71(74)77-68-69(67-76-70(73)64-61-58-55-52-49-24-21-18-15-12-9-6-3)78-72(75)66-63-60-57-54-51-47-23-20-17-14-11-8-5-2/h7-8,10-11,16-17,19-20,25-26,28-29,31-32,34-35,37-38,40-41,43-44,47,51,57,60,69H,4-6,9,12-15,18,21-24,27,30,33,36,39,42,45-46,48-50,52-56,58-59,61-68H2,1-3H3/b10-7-,11-8-,19-16-,20-17-,26-25-,29-28-,32-31-,35-34-,38-37-,41-40-,44-43-,51-47-,60-57-. The predicted molar refractivity (Wildman–Crippen MR) is 338 cm³/mol. The Kier molecular flexibility index (Phi) is 60.4. The van der Waals surface area contributed by atoms with Crippen molar-refractivity contribution in [2.24, 2.45) is 0 Å². The Morgan fingerprint density at radius 3 is 0.833 bits per heavy atom. The second-order valence-corrected chi connectivity index (χ2v) is 20.2. The van der Waals surface area contributed by atoms with Gasteiger partial charge in [0.15, 0.2) is 6.10 Å². The molecule has 0 aromatic carbocycles. The molecule has 0 N–H and O–H groups in total. The number of allylic oxidation sites excluding steroid dienone is 26. The van der Waals surface area contributed by atoms with Crippen molar-refractivity contribution in [3.05, 3.63) is 158 Å². The van der Waals surface area contributed by atoms with Gasteiger partial charge in [-0.25, -0.2) is 0 Å². The molecule has 0 aliphatic rings. The van der Waals surface area contributed by atoms with Crippen molar-refractivity contribution in [2.75, 3.05) is 13.2 Å². The zero-order chi connectivity index (χ0) is 56.4. The molecule has 0 spiro atoms. The quantitative estimate of drug-likeness (QED) is 0.0261. The van der Waals surface area contributed by atoms with E-state index in [1.54, 1.807) is 0 Å². The van der Waals surface area contributed by atoms with Crippen molar-refractivity contribution in [1.82, 2.24) is 0 Å². The van der Waals surface area contributed by atoms with E-state index in [4.69, 9.17) is 14.2 Å². The van der Waals surface area contributed by atoms with E-state index in [9.17, 15) is 14.4 Å². The van der Waals surface area contributed by atoms with Gasteiger partial charge in [-0.2, -0.15) is 0 Å². The molecule has 0 fully saturated rings. The zero-order valence-electron chi connectivity index (χ0n) is 50.1. The Labute approximate surface area is 480 Å². The molecule has 78 heavy (non-hydrogen) atoms. The van der Waals surface area contributed by atoms with Gasteiger partial charge in [-0.3, -0.25) is 14.4 Å². The summed E-state index contributed by atoms with van der Waals surface area (Å²) < 4.78 is 16.8. The van der Waals surface area contributed by atoms with Gasteiger partial charge in [-0.1, -0.05) is 281 Å². The average molecular weight is 1080 g/mol. The second kappa shape index (κ2) is 64.6. The molecule has 6 nitrogen and oxygen atoms in total. The first-order valence-electron chi connectivity index (χ1n) is 31.5. The fourth-order valence-corrected chi connectivity index (χ4v) is 8.15. The largest absolute Gasteiger partial charge is 0.462 e. The van der Waals surface area contributed by atoms with Crippen LogP contribution in [0.3, 0.4) is 0 Å². The van der Waals surface area contributed by atoms with Gasteiger partial charge in [0.25, 0.3) is 0 Å². The first-order chi connectivity index (χ1) is 38.5. The van der Waals surface area contributed by atoms with Crippen LogP contribution in [0.15, 0.2) is 158 Å². The van der Waals surface area contributed by atoms with Gasteiger partial charge in [0, 0.05) is 19.3 Å². The van der Waals surface area contributed by atoms with Crippen molar-refractivity contribution in [3.63, 3.8) is 0 Å². The molecule has 0 saturated carbocycles. The van der Waals surface area contributed by atoms with Crippen LogP contribution in [0.25, 0.3) is 0 Å². The average Bonchev–Trinajstić information content (AvgIpc) is 3.44. The van der Waals surface area contributed by atoms with Crippen molar-refractivity contribution < 1.29 is 28.6 Å². The Balaban J connectivity index is 4.27. The number of hydrogen-bond acceptors (Lipinski definition) is 6. The van der Waals surface area contributed by atoms with Crippen LogP contribution in [0.1, 0.15) is 258 Å². The molecule has 0 radical (unpaired) electrons. The second-order valence-electron chi connectivity index (χ2n) is 20.2. The van der Waals surface area contributed by atoms with Gasteiger partial charge in [-0.15, -0.1) is 0 Å². The van der Waals surface area contributed by atoms with Crippen molar-refractivity contribution in [3.8, 4) is 0 Å². The summed E-state index contributed by atoms with van der Waals surface area (Å²) in [6.45, 7) is 6.33. The van der Waals surface area contributed by atoms with Crippen molar-refractivity contribution in [2.45, 2.75) is 264 Å². The zero-order valence-corrected chi connectivity index (χ0v) is 50.1. The van der Waals surface area contributed by atoms with Gasteiger partial charge in [-0.05, 0) is 116 Å². The molecular formula is C72H114O6. The topological polar surface area (TPSA) is 78.9 Å². The first kappa shape index (κ1) is 73.0. The number of ether oxygens (including phenoxy) is 3. The minimum Gasteiger partial charge on any atom is -0.462 e. The van der Waals surface area contributed by atoms with E-state index < -0.39 is 12.1 Å². The maximum Gasteiger partial charge on any atom is 0.306 e. The maximum atomic E-state index is 12.8. The van der Waals surface area contributed by atoms with Crippen LogP contribution in [0, 0.1) is 0 Å². The summed E-state index contributed by atoms with van der Waals surface area (Å²) in [4.78, 5) is 38.1. The van der Waals surface area contributed by atoms with Crippen LogP contribution in [0.5, 0.6) is 0 Å². The summed E-state index contributed by atoms with van der Waals surface area (Å²) in [5.74, 6) is -1.01. The SMILES string of the molecule is CC/C=C\C/C=C\C/C=C\C/C=C\C/C=C\C/C=C\C/C=C\C/C=C\C/C=C\CCCCCCCCCC(=O)OCC(COC(=O)CCCCCCCCCCCCCC)OC(=O)CC/C=C\C/C=C\C/C=C\C/C=C\CC. The Morgan fingerprint density at radius 2 is 0.526 bits per heavy atom. The number of unbranched alkanes of at least 4 members (excludes halogenated alkanes) is 18. The number of carbonyl (C=O) groups is 3. The van der Waals surface area contributed by atoms with E-state index in [-0.39, 0.29) is 31.6 Å². The lowest BCUT2D eigenvalue weighted by Crippen LogP contribution is -2.30. The molecular weight excluding hydrogens is 961 g/mol. The molecule has 438 valence electrons. The summed E-state index contributed by atoms with van der Waals surface area (Å²) in [5, 5.41) is 0.